The molecule has 4 rings (SSSR count). The molecule has 0 spiro atoms. The molecule has 2 aromatic rings. The van der Waals surface area contributed by atoms with Gasteiger partial charge in [-0.05, 0) is 30.9 Å². The minimum Gasteiger partial charge on any atom is -0.381 e. The highest BCUT2D eigenvalue weighted by atomic mass is 35.5. The summed E-state index contributed by atoms with van der Waals surface area (Å²) in [7, 11) is 0. The van der Waals surface area contributed by atoms with Crippen LogP contribution < -0.4 is 0 Å². The van der Waals surface area contributed by atoms with Crippen molar-refractivity contribution >= 4 is 23.2 Å². The van der Waals surface area contributed by atoms with Crippen LogP contribution >= 0.6 is 23.2 Å². The van der Waals surface area contributed by atoms with Crippen LogP contribution in [-0.2, 0) is 16.0 Å². The van der Waals surface area contributed by atoms with Gasteiger partial charge in [0, 0.05) is 28.8 Å². The second-order valence-corrected chi connectivity index (χ2v) is 6.94. The molecule has 122 valence electrons. The Bertz CT molecular complexity index is 689. The van der Waals surface area contributed by atoms with Gasteiger partial charge in [0.15, 0.2) is 0 Å². The summed E-state index contributed by atoms with van der Waals surface area (Å²) >= 11 is 12.4. The molecule has 0 amide bonds. The van der Waals surface area contributed by atoms with Gasteiger partial charge in [0.1, 0.15) is 24.4 Å². The average Bonchev–Trinajstić information content (AvgIpc) is 3.02. The summed E-state index contributed by atoms with van der Waals surface area (Å²) in [5, 5.41) is 5.52. The van der Waals surface area contributed by atoms with Crippen molar-refractivity contribution in [3.63, 3.8) is 0 Å². The van der Waals surface area contributed by atoms with Gasteiger partial charge in [0.2, 0.25) is 0 Å². The van der Waals surface area contributed by atoms with Crippen LogP contribution in [0.2, 0.25) is 10.0 Å². The lowest BCUT2D eigenvalue weighted by Gasteiger charge is -2.28. The normalized spacial score (nSPS) is 28.0. The van der Waals surface area contributed by atoms with E-state index in [2.05, 4.69) is 10.1 Å². The Hall–Kier alpha value is -1.14. The highest BCUT2D eigenvalue weighted by Gasteiger charge is 2.62. The molecule has 2 aliphatic rings. The molecule has 0 N–H and O–H groups in total. The van der Waals surface area contributed by atoms with Crippen LogP contribution in [-0.4, -0.2) is 33.6 Å². The van der Waals surface area contributed by atoms with E-state index in [1.807, 2.05) is 16.8 Å². The van der Waals surface area contributed by atoms with Crippen molar-refractivity contribution in [3.8, 4) is 0 Å². The lowest BCUT2D eigenvalue weighted by Crippen LogP contribution is -2.35. The molecule has 2 saturated heterocycles. The summed E-state index contributed by atoms with van der Waals surface area (Å²) in [6, 6.07) is 5.58. The molecule has 5 nitrogen and oxygen atoms in total. The van der Waals surface area contributed by atoms with Crippen LogP contribution in [0.4, 0.5) is 0 Å². The Morgan fingerprint density at radius 1 is 1.26 bits per heavy atom. The highest BCUT2D eigenvalue weighted by molar-refractivity contribution is 6.35. The molecule has 7 heteroatoms. The van der Waals surface area contributed by atoms with E-state index in [9.17, 15) is 0 Å². The van der Waals surface area contributed by atoms with Crippen molar-refractivity contribution in [1.82, 2.24) is 14.8 Å². The second-order valence-electron chi connectivity index (χ2n) is 6.10. The van der Waals surface area contributed by atoms with Crippen molar-refractivity contribution in [1.29, 1.82) is 0 Å². The molecule has 1 aromatic carbocycles. The fourth-order valence-corrected chi connectivity index (χ4v) is 4.05. The minimum absolute atomic E-state index is 0.0421. The SMILES string of the molecule is Clc1ccc(C2OC2(Cn2cncn2)C2CCOCC2)c(Cl)c1. The first-order valence-corrected chi connectivity index (χ1v) is 8.47. The molecule has 23 heavy (non-hydrogen) atoms. The van der Waals surface area contributed by atoms with E-state index in [0.29, 0.717) is 22.5 Å². The van der Waals surface area contributed by atoms with E-state index >= 15 is 0 Å². The first-order chi connectivity index (χ1) is 11.2. The van der Waals surface area contributed by atoms with Gasteiger partial charge >= 0.3 is 0 Å². The Labute approximate surface area is 144 Å². The fourth-order valence-electron chi connectivity index (χ4n) is 3.54. The number of nitrogens with zero attached hydrogens (tertiary/aromatic N) is 3. The zero-order valence-electron chi connectivity index (χ0n) is 12.5. The number of halogens is 2. The number of benzene rings is 1. The molecule has 0 aliphatic carbocycles. The van der Waals surface area contributed by atoms with Crippen molar-refractivity contribution in [2.45, 2.75) is 31.1 Å². The second kappa shape index (κ2) is 6.06. The summed E-state index contributed by atoms with van der Waals surface area (Å²) in [5.41, 5.74) is 0.692. The Balaban J connectivity index is 1.64. The number of rotatable bonds is 4. The zero-order chi connectivity index (χ0) is 15.9. The molecular formula is C16H17Cl2N3O2. The monoisotopic (exact) mass is 353 g/mol. The van der Waals surface area contributed by atoms with Gasteiger partial charge in [-0.1, -0.05) is 29.3 Å². The van der Waals surface area contributed by atoms with Gasteiger partial charge < -0.3 is 9.47 Å². The predicted octanol–water partition coefficient (Wildman–Crippen LogP) is 3.52. The highest BCUT2D eigenvalue weighted by Crippen LogP contribution is 2.58. The number of epoxide rings is 1. The van der Waals surface area contributed by atoms with Crippen LogP contribution in [0, 0.1) is 5.92 Å². The van der Waals surface area contributed by atoms with E-state index < -0.39 is 0 Å². The average molecular weight is 354 g/mol. The molecule has 2 unspecified atom stereocenters. The smallest absolute Gasteiger partial charge is 0.137 e. The van der Waals surface area contributed by atoms with Crippen LogP contribution in [0.5, 0.6) is 0 Å². The number of aromatic nitrogens is 3. The van der Waals surface area contributed by atoms with E-state index in [1.165, 1.54) is 0 Å². The summed E-state index contributed by atoms with van der Waals surface area (Å²) < 4.78 is 13.6. The fraction of sp³-hybridized carbons (Fsp3) is 0.500. The maximum absolute atomic E-state index is 6.39. The topological polar surface area (TPSA) is 52.5 Å². The maximum Gasteiger partial charge on any atom is 0.137 e. The minimum atomic E-state index is -0.297. The first kappa shape index (κ1) is 15.4. The largest absolute Gasteiger partial charge is 0.381 e. The molecule has 1 aromatic heterocycles. The summed E-state index contributed by atoms with van der Waals surface area (Å²) in [6.07, 6.45) is 5.19. The van der Waals surface area contributed by atoms with Crippen LogP contribution in [0.1, 0.15) is 24.5 Å². The van der Waals surface area contributed by atoms with Gasteiger partial charge in [-0.15, -0.1) is 0 Å². The van der Waals surface area contributed by atoms with Gasteiger partial charge in [-0.25, -0.2) is 9.67 Å². The van der Waals surface area contributed by atoms with Gasteiger partial charge in [0.05, 0.1) is 6.54 Å². The Morgan fingerprint density at radius 2 is 2.09 bits per heavy atom. The van der Waals surface area contributed by atoms with Crippen molar-refractivity contribution in [2.24, 2.45) is 5.92 Å². The van der Waals surface area contributed by atoms with Crippen molar-refractivity contribution < 1.29 is 9.47 Å². The summed E-state index contributed by atoms with van der Waals surface area (Å²) in [4.78, 5) is 4.03. The molecule has 0 bridgehead atoms. The summed E-state index contributed by atoms with van der Waals surface area (Å²) in [6.45, 7) is 2.21. The third-order valence-electron chi connectivity index (χ3n) is 4.76. The number of hydrogen-bond acceptors (Lipinski definition) is 4. The van der Waals surface area contributed by atoms with Gasteiger partial charge in [0.25, 0.3) is 0 Å². The molecule has 2 fully saturated rings. The molecular weight excluding hydrogens is 337 g/mol. The van der Waals surface area contributed by atoms with Crippen molar-refractivity contribution in [3.05, 3.63) is 46.5 Å². The third-order valence-corrected chi connectivity index (χ3v) is 5.32. The zero-order valence-corrected chi connectivity index (χ0v) is 14.0. The third kappa shape index (κ3) is 2.87. The molecule has 0 saturated carbocycles. The predicted molar refractivity (Wildman–Crippen MR) is 86.6 cm³/mol. The van der Waals surface area contributed by atoms with Crippen LogP contribution in [0.3, 0.4) is 0 Å². The number of hydrogen-bond donors (Lipinski definition) is 0. The van der Waals surface area contributed by atoms with E-state index in [4.69, 9.17) is 32.7 Å². The standard InChI is InChI=1S/C16H17Cl2N3O2/c17-12-1-2-13(14(18)7-12)15-16(23-15,8-21-10-19-9-20-21)11-3-5-22-6-4-11/h1-2,7,9-11,15H,3-6,8H2. The lowest BCUT2D eigenvalue weighted by molar-refractivity contribution is 0.0302. The molecule has 0 radical (unpaired) electrons. The van der Waals surface area contributed by atoms with Crippen molar-refractivity contribution in [2.75, 3.05) is 13.2 Å². The van der Waals surface area contributed by atoms with E-state index in [1.54, 1.807) is 18.7 Å². The van der Waals surface area contributed by atoms with E-state index in [-0.39, 0.29) is 11.7 Å². The Morgan fingerprint density at radius 3 is 2.78 bits per heavy atom. The van der Waals surface area contributed by atoms with Gasteiger partial charge in [-0.3, -0.25) is 0 Å². The molecule has 2 atom stereocenters. The molecule has 3 heterocycles. The molecule has 2 aliphatic heterocycles. The quantitative estimate of drug-likeness (QED) is 0.789. The Kier molecular flexibility index (Phi) is 4.05. The maximum atomic E-state index is 6.39. The summed E-state index contributed by atoms with van der Waals surface area (Å²) in [5.74, 6) is 0.414. The number of ether oxygens (including phenoxy) is 2. The van der Waals surface area contributed by atoms with Crippen LogP contribution in [0.15, 0.2) is 30.9 Å². The lowest BCUT2D eigenvalue weighted by atomic mass is 9.81. The van der Waals surface area contributed by atoms with Gasteiger partial charge in [-0.2, -0.15) is 5.10 Å². The van der Waals surface area contributed by atoms with E-state index in [0.717, 1.165) is 31.6 Å². The van der Waals surface area contributed by atoms with Crippen LogP contribution in [0.25, 0.3) is 0 Å². The first-order valence-electron chi connectivity index (χ1n) is 7.72.